The molecule has 5 heteroatoms. The molecule has 1 saturated heterocycles. The number of anilines is 2. The second kappa shape index (κ2) is 5.48. The zero-order chi connectivity index (χ0) is 14.0. The van der Waals surface area contributed by atoms with Crippen LogP contribution in [0.5, 0.6) is 0 Å². The van der Waals surface area contributed by atoms with Crippen LogP contribution in [0.15, 0.2) is 18.2 Å². The normalized spacial score (nSPS) is 18.7. The van der Waals surface area contributed by atoms with Gasteiger partial charge < -0.3 is 20.3 Å². The first-order valence-corrected chi connectivity index (χ1v) is 6.42. The van der Waals surface area contributed by atoms with Crippen molar-refractivity contribution >= 4 is 17.3 Å². The molecule has 1 aliphatic heterocycles. The van der Waals surface area contributed by atoms with Crippen LogP contribution in [-0.4, -0.2) is 51.2 Å². The minimum absolute atomic E-state index is 0.00383. The number of nitrogens with zero attached hydrogens (tertiary/aromatic N) is 2. The van der Waals surface area contributed by atoms with Crippen LogP contribution in [0.1, 0.15) is 16.8 Å². The summed E-state index contributed by atoms with van der Waals surface area (Å²) in [5, 5.41) is 0. The molecule has 1 unspecified atom stereocenters. The molecule has 19 heavy (non-hydrogen) atoms. The third-order valence-electron chi connectivity index (χ3n) is 3.48. The van der Waals surface area contributed by atoms with Crippen LogP contribution in [0.25, 0.3) is 0 Å². The summed E-state index contributed by atoms with van der Waals surface area (Å²) < 4.78 is 5.37. The molecule has 2 rings (SSSR count). The molecule has 0 radical (unpaired) electrons. The van der Waals surface area contributed by atoms with Gasteiger partial charge in [-0.1, -0.05) is 0 Å². The van der Waals surface area contributed by atoms with E-state index in [1.54, 1.807) is 38.2 Å². The van der Waals surface area contributed by atoms with Gasteiger partial charge in [0, 0.05) is 40.0 Å². The first-order chi connectivity index (χ1) is 9.02. The van der Waals surface area contributed by atoms with E-state index in [-0.39, 0.29) is 12.0 Å². The molecule has 0 saturated carbocycles. The van der Waals surface area contributed by atoms with Gasteiger partial charge in [-0.25, -0.2) is 0 Å². The zero-order valence-electron chi connectivity index (χ0n) is 11.7. The Hall–Kier alpha value is -1.75. The van der Waals surface area contributed by atoms with Gasteiger partial charge in [0.15, 0.2) is 0 Å². The van der Waals surface area contributed by atoms with Crippen molar-refractivity contribution in [2.24, 2.45) is 0 Å². The summed E-state index contributed by atoms with van der Waals surface area (Å²) >= 11 is 0. The van der Waals surface area contributed by atoms with E-state index in [1.165, 1.54) is 0 Å². The van der Waals surface area contributed by atoms with Crippen LogP contribution in [0.4, 0.5) is 11.4 Å². The van der Waals surface area contributed by atoms with E-state index in [9.17, 15) is 4.79 Å². The molecule has 0 bridgehead atoms. The molecule has 1 amide bonds. The smallest absolute Gasteiger partial charge is 0.255 e. The van der Waals surface area contributed by atoms with Crippen molar-refractivity contribution < 1.29 is 9.53 Å². The van der Waals surface area contributed by atoms with Gasteiger partial charge in [-0.3, -0.25) is 4.79 Å². The summed E-state index contributed by atoms with van der Waals surface area (Å²) in [6.07, 6.45) is 1.20. The molecule has 1 aromatic carbocycles. The first kappa shape index (κ1) is 13.7. The number of hydrogen-bond donors (Lipinski definition) is 1. The molecular formula is C14H21N3O2. The Balaban J connectivity index is 2.33. The molecule has 5 nitrogen and oxygen atoms in total. The Morgan fingerprint density at radius 3 is 2.79 bits per heavy atom. The maximum atomic E-state index is 12.2. The van der Waals surface area contributed by atoms with Crippen molar-refractivity contribution in [3.8, 4) is 0 Å². The fraction of sp³-hybridized carbons (Fsp3) is 0.500. The van der Waals surface area contributed by atoms with Gasteiger partial charge in [-0.05, 0) is 24.6 Å². The molecule has 1 aromatic rings. The average molecular weight is 263 g/mol. The summed E-state index contributed by atoms with van der Waals surface area (Å²) in [6, 6.07) is 5.44. The highest BCUT2D eigenvalue weighted by Gasteiger charge is 2.26. The third kappa shape index (κ3) is 2.81. The fourth-order valence-electron chi connectivity index (χ4n) is 2.37. The summed E-state index contributed by atoms with van der Waals surface area (Å²) in [7, 11) is 5.23. The molecule has 1 aliphatic rings. The van der Waals surface area contributed by atoms with E-state index in [4.69, 9.17) is 10.5 Å². The Morgan fingerprint density at radius 1 is 1.47 bits per heavy atom. The number of ether oxygens (including phenoxy) is 1. The van der Waals surface area contributed by atoms with Crippen molar-refractivity contribution in [2.75, 3.05) is 44.9 Å². The van der Waals surface area contributed by atoms with Gasteiger partial charge in [0.25, 0.3) is 5.91 Å². The highest BCUT2D eigenvalue weighted by Crippen LogP contribution is 2.28. The first-order valence-electron chi connectivity index (χ1n) is 6.42. The Bertz CT molecular complexity index is 474. The van der Waals surface area contributed by atoms with E-state index in [2.05, 4.69) is 4.90 Å². The van der Waals surface area contributed by atoms with E-state index < -0.39 is 0 Å². The van der Waals surface area contributed by atoms with Crippen LogP contribution in [-0.2, 0) is 4.74 Å². The zero-order valence-corrected chi connectivity index (χ0v) is 11.7. The molecule has 1 atom stereocenters. The molecule has 0 spiro atoms. The van der Waals surface area contributed by atoms with Crippen LogP contribution < -0.4 is 10.6 Å². The standard InChI is InChI=1S/C14H21N3O2/c1-16(2)14(18)12-5-4-10(15)8-13(12)17-7-6-11(9-17)19-3/h4-5,8,11H,6-7,9,15H2,1-3H3. The number of carbonyl (C=O) groups excluding carboxylic acids is 1. The third-order valence-corrected chi connectivity index (χ3v) is 3.48. The van der Waals surface area contributed by atoms with Crippen LogP contribution in [0, 0.1) is 0 Å². The van der Waals surface area contributed by atoms with Crippen molar-refractivity contribution in [1.82, 2.24) is 4.90 Å². The second-order valence-electron chi connectivity index (χ2n) is 5.07. The number of amides is 1. The maximum absolute atomic E-state index is 12.2. The van der Waals surface area contributed by atoms with Gasteiger partial charge >= 0.3 is 0 Å². The van der Waals surface area contributed by atoms with Crippen molar-refractivity contribution in [2.45, 2.75) is 12.5 Å². The summed E-state index contributed by atoms with van der Waals surface area (Å²) in [5.74, 6) is -0.00383. The van der Waals surface area contributed by atoms with E-state index in [1.807, 2.05) is 6.07 Å². The highest BCUT2D eigenvalue weighted by molar-refractivity contribution is 6.00. The molecular weight excluding hydrogens is 242 g/mol. The molecule has 1 fully saturated rings. The molecule has 2 N–H and O–H groups in total. The number of nitrogens with two attached hydrogens (primary N) is 1. The Kier molecular flexibility index (Phi) is 3.95. The lowest BCUT2D eigenvalue weighted by molar-refractivity contribution is 0.0828. The number of nitrogen functional groups attached to an aromatic ring is 1. The summed E-state index contributed by atoms with van der Waals surface area (Å²) in [4.78, 5) is 16.0. The number of benzene rings is 1. The largest absolute Gasteiger partial charge is 0.399 e. The monoisotopic (exact) mass is 263 g/mol. The predicted octanol–water partition coefficient (Wildman–Crippen LogP) is 1.20. The predicted molar refractivity (Wildman–Crippen MR) is 76.5 cm³/mol. The Morgan fingerprint density at radius 2 is 2.21 bits per heavy atom. The maximum Gasteiger partial charge on any atom is 0.255 e. The molecule has 104 valence electrons. The second-order valence-corrected chi connectivity index (χ2v) is 5.07. The fourth-order valence-corrected chi connectivity index (χ4v) is 2.37. The van der Waals surface area contributed by atoms with Gasteiger partial charge in [0.1, 0.15) is 0 Å². The topological polar surface area (TPSA) is 58.8 Å². The average Bonchev–Trinajstić information content (AvgIpc) is 2.86. The molecule has 0 aromatic heterocycles. The summed E-state index contributed by atoms with van der Waals surface area (Å²) in [5.41, 5.74) is 8.12. The number of carbonyl (C=O) groups is 1. The van der Waals surface area contributed by atoms with E-state index >= 15 is 0 Å². The van der Waals surface area contributed by atoms with Crippen molar-refractivity contribution in [3.05, 3.63) is 23.8 Å². The van der Waals surface area contributed by atoms with Crippen LogP contribution in [0.2, 0.25) is 0 Å². The van der Waals surface area contributed by atoms with E-state index in [0.717, 1.165) is 25.2 Å². The molecule has 1 heterocycles. The quantitative estimate of drug-likeness (QED) is 0.832. The van der Waals surface area contributed by atoms with Crippen LogP contribution in [0.3, 0.4) is 0 Å². The minimum atomic E-state index is -0.00383. The van der Waals surface area contributed by atoms with Gasteiger partial charge in [-0.2, -0.15) is 0 Å². The van der Waals surface area contributed by atoms with Gasteiger partial charge in [0.2, 0.25) is 0 Å². The van der Waals surface area contributed by atoms with Gasteiger partial charge in [0.05, 0.1) is 17.4 Å². The van der Waals surface area contributed by atoms with E-state index in [0.29, 0.717) is 11.3 Å². The van der Waals surface area contributed by atoms with Gasteiger partial charge in [-0.15, -0.1) is 0 Å². The molecule has 0 aliphatic carbocycles. The number of methoxy groups -OCH3 is 1. The number of rotatable bonds is 3. The number of hydrogen-bond acceptors (Lipinski definition) is 4. The van der Waals surface area contributed by atoms with Crippen molar-refractivity contribution in [1.29, 1.82) is 0 Å². The minimum Gasteiger partial charge on any atom is -0.399 e. The SMILES string of the molecule is COC1CCN(c2cc(N)ccc2C(=O)N(C)C)C1. The van der Waals surface area contributed by atoms with Crippen LogP contribution >= 0.6 is 0 Å². The lowest BCUT2D eigenvalue weighted by Crippen LogP contribution is -2.28. The lowest BCUT2D eigenvalue weighted by Gasteiger charge is -2.23. The highest BCUT2D eigenvalue weighted by atomic mass is 16.5. The lowest BCUT2D eigenvalue weighted by atomic mass is 10.1. The van der Waals surface area contributed by atoms with Crippen molar-refractivity contribution in [3.63, 3.8) is 0 Å². The Labute approximate surface area is 113 Å². The summed E-state index contributed by atoms with van der Waals surface area (Å²) in [6.45, 7) is 1.68.